The van der Waals surface area contributed by atoms with Crippen LogP contribution in [0.25, 0.3) is 0 Å². The highest BCUT2D eigenvalue weighted by Crippen LogP contribution is 2.17. The molecule has 98 valence electrons. The lowest BCUT2D eigenvalue weighted by molar-refractivity contribution is 0.534. The molecule has 1 aromatic heterocycles. The number of aryl methyl sites for hydroxylation is 2. The summed E-state index contributed by atoms with van der Waals surface area (Å²) in [5, 5.41) is 9.08. The first-order chi connectivity index (χ1) is 8.09. The lowest BCUT2D eigenvalue weighted by Gasteiger charge is -2.06. The number of aromatic nitrogens is 2. The summed E-state index contributed by atoms with van der Waals surface area (Å²) in [7, 11) is 2.01. The average Bonchev–Trinajstić information content (AvgIpc) is 2.55. The maximum atomic E-state index is 4.33. The Kier molecular flexibility index (Phi) is 6.66. The van der Waals surface area contributed by atoms with Crippen LogP contribution in [-0.2, 0) is 7.05 Å². The molecule has 1 rings (SSSR count). The zero-order valence-corrected chi connectivity index (χ0v) is 12.3. The summed E-state index contributed by atoms with van der Waals surface area (Å²) in [5.41, 5.74) is 1.10. The van der Waals surface area contributed by atoms with E-state index in [0.29, 0.717) is 0 Å². The molecule has 0 saturated carbocycles. The Labute approximate surface area is 109 Å². The molecule has 3 nitrogen and oxygen atoms in total. The number of hydrogen-bond acceptors (Lipinski definition) is 3. The van der Waals surface area contributed by atoms with Gasteiger partial charge in [-0.2, -0.15) is 5.10 Å². The molecule has 0 aromatic carbocycles. The van der Waals surface area contributed by atoms with Crippen LogP contribution >= 0.6 is 11.8 Å². The molecule has 0 saturated heterocycles. The molecule has 4 heteroatoms. The summed E-state index contributed by atoms with van der Waals surface area (Å²) in [5.74, 6) is 1.93. The second kappa shape index (κ2) is 7.77. The molecule has 0 radical (unpaired) electrons. The Bertz CT molecular complexity index is 320. The van der Waals surface area contributed by atoms with Gasteiger partial charge in [-0.05, 0) is 38.3 Å². The number of nitrogens with zero attached hydrogens (tertiary/aromatic N) is 2. The maximum absolute atomic E-state index is 4.33. The maximum Gasteiger partial charge on any atom is 0.0939 e. The largest absolute Gasteiger partial charge is 0.316 e. The molecule has 0 amide bonds. The van der Waals surface area contributed by atoms with Gasteiger partial charge in [0.1, 0.15) is 0 Å². The highest BCUT2D eigenvalue weighted by atomic mass is 32.2. The molecule has 0 aliphatic carbocycles. The zero-order chi connectivity index (χ0) is 12.7. The Morgan fingerprint density at radius 2 is 2.18 bits per heavy atom. The van der Waals surface area contributed by atoms with E-state index in [0.717, 1.165) is 30.5 Å². The number of rotatable bonds is 8. The van der Waals surface area contributed by atoms with Gasteiger partial charge >= 0.3 is 0 Å². The van der Waals surface area contributed by atoms with Gasteiger partial charge in [-0.25, -0.2) is 0 Å². The zero-order valence-electron chi connectivity index (χ0n) is 11.5. The van der Waals surface area contributed by atoms with Crippen LogP contribution in [0, 0.1) is 12.8 Å². The third-order valence-electron chi connectivity index (χ3n) is 2.62. The monoisotopic (exact) mass is 255 g/mol. The van der Waals surface area contributed by atoms with Crippen molar-refractivity contribution in [3.63, 3.8) is 0 Å². The third kappa shape index (κ3) is 6.13. The molecule has 0 aliphatic rings. The topological polar surface area (TPSA) is 29.9 Å². The van der Waals surface area contributed by atoms with Crippen LogP contribution in [0.1, 0.15) is 32.4 Å². The summed E-state index contributed by atoms with van der Waals surface area (Å²) >= 11 is 1.87. The van der Waals surface area contributed by atoms with Crippen molar-refractivity contribution >= 4 is 11.8 Å². The molecular weight excluding hydrogens is 230 g/mol. The van der Waals surface area contributed by atoms with Gasteiger partial charge in [-0.1, -0.05) is 13.8 Å². The minimum atomic E-state index is 0.823. The van der Waals surface area contributed by atoms with Gasteiger partial charge in [0.15, 0.2) is 0 Å². The smallest absolute Gasteiger partial charge is 0.0939 e. The lowest BCUT2D eigenvalue weighted by atomic mass is 10.1. The molecule has 0 aliphatic heterocycles. The molecule has 17 heavy (non-hydrogen) atoms. The van der Waals surface area contributed by atoms with Crippen LogP contribution in [0.2, 0.25) is 0 Å². The highest BCUT2D eigenvalue weighted by molar-refractivity contribution is 7.99. The van der Waals surface area contributed by atoms with Crippen LogP contribution in [0.3, 0.4) is 0 Å². The highest BCUT2D eigenvalue weighted by Gasteiger charge is 2.01. The van der Waals surface area contributed by atoms with Crippen molar-refractivity contribution in [3.8, 4) is 0 Å². The fraction of sp³-hybridized carbons (Fsp3) is 0.769. The van der Waals surface area contributed by atoms with Gasteiger partial charge in [0.05, 0.1) is 10.7 Å². The van der Waals surface area contributed by atoms with E-state index in [9.17, 15) is 0 Å². The molecule has 0 spiro atoms. The van der Waals surface area contributed by atoms with Crippen LogP contribution in [0.5, 0.6) is 0 Å². The Morgan fingerprint density at radius 1 is 1.41 bits per heavy atom. The van der Waals surface area contributed by atoms with E-state index >= 15 is 0 Å². The summed E-state index contributed by atoms with van der Waals surface area (Å²) < 4.78 is 1.96. The summed E-state index contributed by atoms with van der Waals surface area (Å²) in [6.45, 7) is 8.81. The van der Waals surface area contributed by atoms with Crippen molar-refractivity contribution in [1.29, 1.82) is 0 Å². The van der Waals surface area contributed by atoms with E-state index in [1.54, 1.807) is 0 Å². The van der Waals surface area contributed by atoms with Gasteiger partial charge in [0, 0.05) is 19.3 Å². The van der Waals surface area contributed by atoms with Gasteiger partial charge in [-0.3, -0.25) is 4.68 Å². The second-order valence-corrected chi connectivity index (χ2v) is 6.00. The molecule has 1 aromatic rings. The molecule has 1 N–H and O–H groups in total. The number of thioether (sulfide) groups is 1. The number of hydrogen-bond donors (Lipinski definition) is 1. The van der Waals surface area contributed by atoms with Crippen molar-refractivity contribution < 1.29 is 0 Å². The van der Waals surface area contributed by atoms with Crippen LogP contribution in [-0.4, -0.2) is 28.6 Å². The van der Waals surface area contributed by atoms with Crippen LogP contribution in [0.4, 0.5) is 0 Å². The molecule has 0 bridgehead atoms. The Hall–Kier alpha value is -0.480. The summed E-state index contributed by atoms with van der Waals surface area (Å²) in [4.78, 5) is 0. The van der Waals surface area contributed by atoms with E-state index in [1.165, 1.54) is 17.9 Å². The minimum absolute atomic E-state index is 0.823. The van der Waals surface area contributed by atoms with E-state index in [1.807, 2.05) is 30.4 Å². The molecule has 0 atom stereocenters. The predicted octanol–water partition coefficient (Wildman–Crippen LogP) is 2.85. The first-order valence-electron chi connectivity index (χ1n) is 6.43. The standard InChI is InChI=1S/C13H25N3S/c1-11(2)6-5-7-14-8-9-17-13-10-12(3)15-16(13)4/h10-11,14H,5-9H2,1-4H3. The van der Waals surface area contributed by atoms with Gasteiger partial charge in [0.2, 0.25) is 0 Å². The molecule has 1 heterocycles. The normalized spacial score (nSPS) is 11.4. The fourth-order valence-electron chi connectivity index (χ4n) is 1.71. The minimum Gasteiger partial charge on any atom is -0.316 e. The van der Waals surface area contributed by atoms with Gasteiger partial charge < -0.3 is 5.32 Å². The van der Waals surface area contributed by atoms with Crippen LogP contribution in [0.15, 0.2) is 11.1 Å². The van der Waals surface area contributed by atoms with E-state index in [-0.39, 0.29) is 0 Å². The molecule has 0 unspecified atom stereocenters. The SMILES string of the molecule is Cc1cc(SCCNCCCC(C)C)n(C)n1. The van der Waals surface area contributed by atoms with Gasteiger partial charge in [0.25, 0.3) is 0 Å². The van der Waals surface area contributed by atoms with E-state index in [4.69, 9.17) is 0 Å². The number of nitrogens with one attached hydrogen (secondary N) is 1. The van der Waals surface area contributed by atoms with Crippen molar-refractivity contribution in [2.45, 2.75) is 38.6 Å². The van der Waals surface area contributed by atoms with E-state index in [2.05, 4.69) is 30.3 Å². The molecule has 0 fully saturated rings. The Balaban J connectivity index is 2.03. The van der Waals surface area contributed by atoms with E-state index < -0.39 is 0 Å². The van der Waals surface area contributed by atoms with Crippen molar-refractivity contribution in [3.05, 3.63) is 11.8 Å². The summed E-state index contributed by atoms with van der Waals surface area (Å²) in [6.07, 6.45) is 2.61. The van der Waals surface area contributed by atoms with Crippen LogP contribution < -0.4 is 5.32 Å². The first-order valence-corrected chi connectivity index (χ1v) is 7.42. The average molecular weight is 255 g/mol. The Morgan fingerprint density at radius 3 is 2.76 bits per heavy atom. The third-order valence-corrected chi connectivity index (χ3v) is 3.71. The van der Waals surface area contributed by atoms with Gasteiger partial charge in [-0.15, -0.1) is 11.8 Å². The van der Waals surface area contributed by atoms with Crippen molar-refractivity contribution in [1.82, 2.24) is 15.1 Å². The lowest BCUT2D eigenvalue weighted by Crippen LogP contribution is -2.18. The predicted molar refractivity (Wildman–Crippen MR) is 75.6 cm³/mol. The summed E-state index contributed by atoms with van der Waals surface area (Å²) in [6, 6.07) is 2.14. The quantitative estimate of drug-likeness (QED) is 0.572. The molecular formula is C13H25N3S. The van der Waals surface area contributed by atoms with Crippen molar-refractivity contribution in [2.24, 2.45) is 13.0 Å². The fourth-order valence-corrected chi connectivity index (χ4v) is 2.65. The van der Waals surface area contributed by atoms with Crippen molar-refractivity contribution in [2.75, 3.05) is 18.8 Å². The second-order valence-electron chi connectivity index (χ2n) is 4.88. The first kappa shape index (κ1) is 14.6.